The summed E-state index contributed by atoms with van der Waals surface area (Å²) < 4.78 is 36.4. The Bertz CT molecular complexity index is 1170. The minimum absolute atomic E-state index is 0.103. The van der Waals surface area contributed by atoms with Gasteiger partial charge < -0.3 is 9.64 Å². The topological polar surface area (TPSA) is 76.5 Å². The number of carbonyl (C=O) groups is 2. The standard InChI is InChI=1S/C24H24F2N4O3/c1-23(2,3)33-22(32)28-19-15-27-30-14-13-29(21(31)20(19)30)18-11-9-17(10-12-18)24(25,26)16-7-5-4-6-8-16/h4-12,15H,13-14H2,1-3H3,(H,28,32). The number of halogens is 2. The summed E-state index contributed by atoms with van der Waals surface area (Å²) in [5, 5.41) is 6.73. The highest BCUT2D eigenvalue weighted by atomic mass is 19.3. The van der Waals surface area contributed by atoms with Crippen LogP contribution in [0.15, 0.2) is 60.8 Å². The Kier molecular flexibility index (Phi) is 5.65. The zero-order valence-electron chi connectivity index (χ0n) is 18.5. The maximum Gasteiger partial charge on any atom is 0.412 e. The van der Waals surface area contributed by atoms with Crippen molar-refractivity contribution in [1.82, 2.24) is 9.78 Å². The third-order valence-corrected chi connectivity index (χ3v) is 5.14. The van der Waals surface area contributed by atoms with E-state index in [9.17, 15) is 18.4 Å². The predicted octanol–water partition coefficient (Wildman–Crippen LogP) is 5.03. The van der Waals surface area contributed by atoms with Crippen LogP contribution in [-0.4, -0.2) is 33.9 Å². The highest BCUT2D eigenvalue weighted by Crippen LogP contribution is 2.36. The quantitative estimate of drug-likeness (QED) is 0.600. The molecule has 0 aliphatic carbocycles. The average Bonchev–Trinajstić information content (AvgIpc) is 3.17. The van der Waals surface area contributed by atoms with Gasteiger partial charge in [0.25, 0.3) is 11.8 Å². The number of nitrogens with one attached hydrogen (secondary N) is 1. The maximum atomic E-state index is 14.8. The number of anilines is 2. The molecule has 3 aromatic rings. The number of alkyl halides is 2. The molecule has 0 atom stereocenters. The summed E-state index contributed by atoms with van der Waals surface area (Å²) in [6.45, 7) is 5.90. The Labute approximate surface area is 190 Å². The van der Waals surface area contributed by atoms with Gasteiger partial charge in [-0.25, -0.2) is 4.79 Å². The molecule has 0 fully saturated rings. The SMILES string of the molecule is CC(C)(C)OC(=O)Nc1cnn2c1C(=O)N(c1ccc(C(F)(F)c3ccccc3)cc1)CC2. The van der Waals surface area contributed by atoms with Gasteiger partial charge in [-0.3, -0.25) is 14.8 Å². The van der Waals surface area contributed by atoms with Gasteiger partial charge in [0, 0.05) is 23.4 Å². The van der Waals surface area contributed by atoms with Gasteiger partial charge >= 0.3 is 6.09 Å². The molecule has 2 aromatic carbocycles. The Hall–Kier alpha value is -3.75. The van der Waals surface area contributed by atoms with Crippen molar-refractivity contribution in [1.29, 1.82) is 0 Å². The molecule has 0 radical (unpaired) electrons. The number of aromatic nitrogens is 2. The van der Waals surface area contributed by atoms with Gasteiger partial charge in [-0.15, -0.1) is 0 Å². The van der Waals surface area contributed by atoms with Gasteiger partial charge in [0.2, 0.25) is 0 Å². The van der Waals surface area contributed by atoms with E-state index >= 15 is 0 Å². The predicted molar refractivity (Wildman–Crippen MR) is 120 cm³/mol. The van der Waals surface area contributed by atoms with Crippen LogP contribution >= 0.6 is 0 Å². The van der Waals surface area contributed by atoms with Gasteiger partial charge in [0.15, 0.2) is 5.69 Å². The highest BCUT2D eigenvalue weighted by molar-refractivity contribution is 6.10. The largest absolute Gasteiger partial charge is 0.444 e. The zero-order valence-corrected chi connectivity index (χ0v) is 18.5. The van der Waals surface area contributed by atoms with Crippen LogP contribution in [0, 0.1) is 0 Å². The summed E-state index contributed by atoms with van der Waals surface area (Å²) in [6, 6.07) is 13.2. The van der Waals surface area contributed by atoms with Crippen molar-refractivity contribution >= 4 is 23.4 Å². The van der Waals surface area contributed by atoms with Crippen LogP contribution in [0.3, 0.4) is 0 Å². The summed E-state index contributed by atoms with van der Waals surface area (Å²) in [6.07, 6.45) is 0.695. The van der Waals surface area contributed by atoms with Crippen molar-refractivity contribution < 1.29 is 23.1 Å². The number of rotatable bonds is 4. The number of hydrogen-bond donors (Lipinski definition) is 1. The van der Waals surface area contributed by atoms with Crippen LogP contribution in [0.1, 0.15) is 42.4 Å². The normalized spacial score (nSPS) is 14.1. The first-order valence-electron chi connectivity index (χ1n) is 10.5. The molecular formula is C24H24F2N4O3. The molecule has 0 bridgehead atoms. The number of nitrogens with zero attached hydrogens (tertiary/aromatic N) is 3. The fraction of sp³-hybridized carbons (Fsp3) is 0.292. The molecule has 1 N–H and O–H groups in total. The molecule has 1 aliphatic heterocycles. The fourth-order valence-corrected chi connectivity index (χ4v) is 3.62. The molecule has 9 heteroatoms. The number of benzene rings is 2. The minimum atomic E-state index is -3.16. The second kappa shape index (κ2) is 8.31. The van der Waals surface area contributed by atoms with E-state index in [4.69, 9.17) is 4.74 Å². The third kappa shape index (κ3) is 4.57. The van der Waals surface area contributed by atoms with E-state index in [2.05, 4.69) is 10.4 Å². The fourth-order valence-electron chi connectivity index (χ4n) is 3.62. The molecular weight excluding hydrogens is 430 g/mol. The lowest BCUT2D eigenvalue weighted by Crippen LogP contribution is -2.41. The summed E-state index contributed by atoms with van der Waals surface area (Å²) >= 11 is 0. The van der Waals surface area contributed by atoms with E-state index in [1.54, 1.807) is 39.0 Å². The van der Waals surface area contributed by atoms with Gasteiger partial charge in [0.1, 0.15) is 5.60 Å². The second-order valence-electron chi connectivity index (χ2n) is 8.70. The molecule has 0 spiro atoms. The summed E-state index contributed by atoms with van der Waals surface area (Å²) in [4.78, 5) is 26.8. The Morgan fingerprint density at radius 1 is 1.00 bits per heavy atom. The van der Waals surface area contributed by atoms with Gasteiger partial charge in [-0.05, 0) is 32.9 Å². The molecule has 1 aliphatic rings. The monoisotopic (exact) mass is 454 g/mol. The van der Waals surface area contributed by atoms with Crippen molar-refractivity contribution in [3.05, 3.63) is 77.6 Å². The minimum Gasteiger partial charge on any atom is -0.444 e. The van der Waals surface area contributed by atoms with Crippen LogP contribution in [-0.2, 0) is 17.2 Å². The molecule has 0 unspecified atom stereocenters. The number of carbonyl (C=O) groups excluding carboxylic acids is 2. The van der Waals surface area contributed by atoms with Gasteiger partial charge in [-0.2, -0.15) is 13.9 Å². The van der Waals surface area contributed by atoms with E-state index < -0.39 is 23.5 Å². The summed E-state index contributed by atoms with van der Waals surface area (Å²) in [7, 11) is 0. The first kappa shape index (κ1) is 22.4. The smallest absolute Gasteiger partial charge is 0.412 e. The third-order valence-electron chi connectivity index (χ3n) is 5.14. The molecule has 2 amide bonds. The Balaban J connectivity index is 1.55. The van der Waals surface area contributed by atoms with E-state index in [1.165, 1.54) is 52.2 Å². The lowest BCUT2D eigenvalue weighted by Gasteiger charge is -2.28. The number of ether oxygens (including phenoxy) is 1. The number of hydrogen-bond acceptors (Lipinski definition) is 4. The summed E-state index contributed by atoms with van der Waals surface area (Å²) in [5.41, 5.74) is -0.0651. The first-order valence-corrected chi connectivity index (χ1v) is 10.5. The molecule has 1 aromatic heterocycles. The Morgan fingerprint density at radius 2 is 1.64 bits per heavy atom. The van der Waals surface area contributed by atoms with E-state index in [-0.39, 0.29) is 22.5 Å². The average molecular weight is 454 g/mol. The highest BCUT2D eigenvalue weighted by Gasteiger charge is 2.35. The summed E-state index contributed by atoms with van der Waals surface area (Å²) in [5.74, 6) is -3.55. The van der Waals surface area contributed by atoms with E-state index in [0.717, 1.165) is 0 Å². The lowest BCUT2D eigenvalue weighted by atomic mass is 10.00. The molecule has 0 saturated heterocycles. The van der Waals surface area contributed by atoms with Crippen LogP contribution < -0.4 is 10.2 Å². The Morgan fingerprint density at radius 3 is 2.27 bits per heavy atom. The molecule has 2 heterocycles. The van der Waals surface area contributed by atoms with E-state index in [1.807, 2.05) is 0 Å². The maximum absolute atomic E-state index is 14.8. The van der Waals surface area contributed by atoms with Gasteiger partial charge in [0.05, 0.1) is 18.4 Å². The second-order valence-corrected chi connectivity index (χ2v) is 8.70. The van der Waals surface area contributed by atoms with Crippen molar-refractivity contribution in [2.45, 2.75) is 38.8 Å². The van der Waals surface area contributed by atoms with Crippen molar-refractivity contribution in [2.24, 2.45) is 0 Å². The van der Waals surface area contributed by atoms with Crippen LogP contribution in [0.5, 0.6) is 0 Å². The first-order chi connectivity index (χ1) is 15.6. The van der Waals surface area contributed by atoms with Gasteiger partial charge in [-0.1, -0.05) is 42.5 Å². The molecule has 33 heavy (non-hydrogen) atoms. The number of fused-ring (bicyclic) bond motifs is 1. The molecule has 7 nitrogen and oxygen atoms in total. The van der Waals surface area contributed by atoms with Crippen molar-refractivity contribution in [3.8, 4) is 0 Å². The lowest BCUT2D eigenvalue weighted by molar-refractivity contribution is 0.0428. The van der Waals surface area contributed by atoms with Crippen LogP contribution in [0.4, 0.5) is 25.0 Å². The molecule has 4 rings (SSSR count). The zero-order chi connectivity index (χ0) is 23.8. The van der Waals surface area contributed by atoms with Crippen molar-refractivity contribution in [3.63, 3.8) is 0 Å². The molecule has 0 saturated carbocycles. The van der Waals surface area contributed by atoms with Crippen LogP contribution in [0.25, 0.3) is 0 Å². The number of amides is 2. The molecule has 172 valence electrons. The van der Waals surface area contributed by atoms with E-state index in [0.29, 0.717) is 18.8 Å². The van der Waals surface area contributed by atoms with Crippen molar-refractivity contribution in [2.75, 3.05) is 16.8 Å². The van der Waals surface area contributed by atoms with Crippen LogP contribution in [0.2, 0.25) is 0 Å².